The zero-order valence-corrected chi connectivity index (χ0v) is 12.4. The van der Waals surface area contributed by atoms with Crippen LogP contribution >= 0.6 is 15.9 Å². The van der Waals surface area contributed by atoms with Gasteiger partial charge in [0.15, 0.2) is 5.76 Å². The molecule has 0 atom stereocenters. The van der Waals surface area contributed by atoms with Crippen molar-refractivity contribution in [2.45, 2.75) is 12.8 Å². The number of benzene rings is 2. The van der Waals surface area contributed by atoms with Gasteiger partial charge in [-0.15, -0.1) is 0 Å². The lowest BCUT2D eigenvalue weighted by molar-refractivity contribution is 0.434. The predicted molar refractivity (Wildman–Crippen MR) is 82.5 cm³/mol. The highest BCUT2D eigenvalue weighted by molar-refractivity contribution is 9.10. The first-order chi connectivity index (χ1) is 9.83. The van der Waals surface area contributed by atoms with Gasteiger partial charge in [-0.25, -0.2) is 0 Å². The Kier molecular flexibility index (Phi) is 2.74. The monoisotopic (exact) mass is 325 g/mol. The maximum absolute atomic E-state index is 5.64. The second-order valence-corrected chi connectivity index (χ2v) is 5.92. The molecule has 0 saturated carbocycles. The van der Waals surface area contributed by atoms with Crippen molar-refractivity contribution in [3.63, 3.8) is 0 Å². The van der Waals surface area contributed by atoms with Gasteiger partial charge in [0, 0.05) is 21.2 Å². The zero-order chi connectivity index (χ0) is 13.5. The predicted octanol–water partition coefficient (Wildman–Crippen LogP) is 4.87. The van der Waals surface area contributed by atoms with Gasteiger partial charge in [-0.1, -0.05) is 57.5 Å². The van der Waals surface area contributed by atoms with Crippen LogP contribution in [0.1, 0.15) is 11.1 Å². The summed E-state index contributed by atoms with van der Waals surface area (Å²) in [6, 6.07) is 16.6. The van der Waals surface area contributed by atoms with E-state index in [9.17, 15) is 0 Å². The van der Waals surface area contributed by atoms with Crippen LogP contribution in [0, 0.1) is 0 Å². The van der Waals surface area contributed by atoms with Crippen molar-refractivity contribution in [1.29, 1.82) is 0 Å². The van der Waals surface area contributed by atoms with Crippen LogP contribution in [0.5, 0.6) is 0 Å². The summed E-state index contributed by atoms with van der Waals surface area (Å²) in [7, 11) is 0. The molecule has 0 unspecified atom stereocenters. The van der Waals surface area contributed by atoms with Gasteiger partial charge in [0.1, 0.15) is 5.69 Å². The van der Waals surface area contributed by atoms with Crippen LogP contribution in [0.15, 0.2) is 57.5 Å². The number of hydrogen-bond donors (Lipinski definition) is 0. The van der Waals surface area contributed by atoms with Gasteiger partial charge in [0.2, 0.25) is 0 Å². The number of fused-ring (bicyclic) bond motifs is 3. The quantitative estimate of drug-likeness (QED) is 0.638. The third-order valence-electron chi connectivity index (χ3n) is 3.81. The standard InChI is InChI=1S/C17H12BrNO/c18-13-8-5-12(6-9-13)17-15-10-7-11-3-1-2-4-14(11)16(15)19-20-17/h1-6,8-9H,7,10H2. The van der Waals surface area contributed by atoms with Gasteiger partial charge in [0.05, 0.1) is 0 Å². The fraction of sp³-hybridized carbons (Fsp3) is 0.118. The highest BCUT2D eigenvalue weighted by atomic mass is 79.9. The van der Waals surface area contributed by atoms with Crippen LogP contribution in [0.2, 0.25) is 0 Å². The Morgan fingerprint density at radius 3 is 2.60 bits per heavy atom. The lowest BCUT2D eigenvalue weighted by atomic mass is 9.88. The smallest absolute Gasteiger partial charge is 0.170 e. The number of nitrogens with zero attached hydrogens (tertiary/aromatic N) is 1. The van der Waals surface area contributed by atoms with E-state index >= 15 is 0 Å². The molecule has 0 fully saturated rings. The highest BCUT2D eigenvalue weighted by Crippen LogP contribution is 2.38. The Labute approximate surface area is 125 Å². The number of aryl methyl sites for hydroxylation is 1. The van der Waals surface area contributed by atoms with Gasteiger partial charge in [-0.2, -0.15) is 0 Å². The van der Waals surface area contributed by atoms with Gasteiger partial charge in [0.25, 0.3) is 0 Å². The first kappa shape index (κ1) is 11.9. The van der Waals surface area contributed by atoms with Crippen LogP contribution in [-0.2, 0) is 12.8 Å². The Morgan fingerprint density at radius 2 is 1.75 bits per heavy atom. The van der Waals surface area contributed by atoms with Crippen molar-refractivity contribution in [2.24, 2.45) is 0 Å². The lowest BCUT2D eigenvalue weighted by Gasteiger charge is -2.14. The van der Waals surface area contributed by atoms with Gasteiger partial charge in [-0.3, -0.25) is 0 Å². The van der Waals surface area contributed by atoms with E-state index in [1.54, 1.807) is 0 Å². The normalized spacial score (nSPS) is 12.8. The molecule has 0 amide bonds. The Balaban J connectivity index is 1.87. The molecule has 98 valence electrons. The van der Waals surface area contributed by atoms with Crippen molar-refractivity contribution in [3.8, 4) is 22.6 Å². The molecule has 1 aliphatic carbocycles. The van der Waals surface area contributed by atoms with E-state index in [1.807, 2.05) is 12.1 Å². The van der Waals surface area contributed by atoms with Gasteiger partial charge >= 0.3 is 0 Å². The van der Waals surface area contributed by atoms with Crippen molar-refractivity contribution >= 4 is 15.9 Å². The van der Waals surface area contributed by atoms with Crippen LogP contribution in [-0.4, -0.2) is 5.16 Å². The van der Waals surface area contributed by atoms with Crippen molar-refractivity contribution in [1.82, 2.24) is 5.16 Å². The Hall–Kier alpha value is -1.87. The molecule has 0 radical (unpaired) electrons. The van der Waals surface area contributed by atoms with Crippen molar-refractivity contribution in [3.05, 3.63) is 64.1 Å². The largest absolute Gasteiger partial charge is 0.355 e. The molecule has 1 heterocycles. The summed E-state index contributed by atoms with van der Waals surface area (Å²) >= 11 is 3.46. The van der Waals surface area contributed by atoms with Crippen molar-refractivity contribution in [2.75, 3.05) is 0 Å². The first-order valence-corrected chi connectivity index (χ1v) is 7.45. The molecule has 3 heteroatoms. The molecule has 4 rings (SSSR count). The molecule has 1 aromatic heterocycles. The van der Waals surface area contributed by atoms with E-state index in [2.05, 4.69) is 57.5 Å². The summed E-state index contributed by atoms with van der Waals surface area (Å²) in [4.78, 5) is 0. The van der Waals surface area contributed by atoms with Crippen LogP contribution in [0.3, 0.4) is 0 Å². The zero-order valence-electron chi connectivity index (χ0n) is 10.8. The third-order valence-corrected chi connectivity index (χ3v) is 4.34. The minimum absolute atomic E-state index is 0.905. The summed E-state index contributed by atoms with van der Waals surface area (Å²) in [5.74, 6) is 0.905. The fourth-order valence-electron chi connectivity index (χ4n) is 2.81. The Morgan fingerprint density at radius 1 is 0.950 bits per heavy atom. The second kappa shape index (κ2) is 4.60. The summed E-state index contributed by atoms with van der Waals surface area (Å²) < 4.78 is 6.70. The molecule has 2 aromatic carbocycles. The van der Waals surface area contributed by atoms with Crippen LogP contribution < -0.4 is 0 Å². The number of aromatic nitrogens is 1. The number of halogens is 1. The molecular formula is C17H12BrNO. The molecule has 2 nitrogen and oxygen atoms in total. The molecular weight excluding hydrogens is 314 g/mol. The second-order valence-electron chi connectivity index (χ2n) is 5.00. The first-order valence-electron chi connectivity index (χ1n) is 6.66. The number of rotatable bonds is 1. The van der Waals surface area contributed by atoms with Crippen LogP contribution in [0.25, 0.3) is 22.6 Å². The summed E-state index contributed by atoms with van der Waals surface area (Å²) in [5.41, 5.74) is 5.88. The van der Waals surface area contributed by atoms with E-state index in [4.69, 9.17) is 4.52 Å². The maximum atomic E-state index is 5.64. The van der Waals surface area contributed by atoms with Crippen LogP contribution in [0.4, 0.5) is 0 Å². The molecule has 3 aromatic rings. The highest BCUT2D eigenvalue weighted by Gasteiger charge is 2.24. The maximum Gasteiger partial charge on any atom is 0.170 e. The van der Waals surface area contributed by atoms with Gasteiger partial charge in [-0.05, 0) is 30.5 Å². The lowest BCUT2D eigenvalue weighted by Crippen LogP contribution is -2.03. The van der Waals surface area contributed by atoms with Crippen molar-refractivity contribution < 1.29 is 4.52 Å². The number of hydrogen-bond acceptors (Lipinski definition) is 2. The van der Waals surface area contributed by atoms with E-state index < -0.39 is 0 Å². The van der Waals surface area contributed by atoms with Gasteiger partial charge < -0.3 is 4.52 Å². The average Bonchev–Trinajstić information content (AvgIpc) is 2.92. The molecule has 0 spiro atoms. The molecule has 20 heavy (non-hydrogen) atoms. The molecule has 1 aliphatic rings. The molecule has 0 aliphatic heterocycles. The minimum Gasteiger partial charge on any atom is -0.355 e. The third kappa shape index (κ3) is 1.81. The fourth-order valence-corrected chi connectivity index (χ4v) is 3.07. The molecule has 0 saturated heterocycles. The average molecular weight is 326 g/mol. The summed E-state index contributed by atoms with van der Waals surface area (Å²) in [6.45, 7) is 0. The summed E-state index contributed by atoms with van der Waals surface area (Å²) in [5, 5.41) is 4.31. The summed E-state index contributed by atoms with van der Waals surface area (Å²) in [6.07, 6.45) is 2.04. The van der Waals surface area contributed by atoms with E-state index in [0.717, 1.165) is 34.3 Å². The SMILES string of the molecule is Brc1ccc(-c2onc3c2CCc2ccccc2-3)cc1. The molecule has 0 bridgehead atoms. The minimum atomic E-state index is 0.905. The molecule has 0 N–H and O–H groups in total. The van der Waals surface area contributed by atoms with E-state index in [-0.39, 0.29) is 0 Å². The van der Waals surface area contributed by atoms with E-state index in [0.29, 0.717) is 0 Å². The Bertz CT molecular complexity index is 774. The van der Waals surface area contributed by atoms with E-state index in [1.165, 1.54) is 16.7 Å². The topological polar surface area (TPSA) is 26.0 Å².